The SMILES string of the molecule is CCOc1cc(/C=C(\C#N)C(=O)NC[C@@H]2CCCO2)ccc1OCc1cccc(C)c1. The Bertz CT molecular complexity index is 972. The van der Waals surface area contributed by atoms with E-state index in [-0.39, 0.29) is 11.7 Å². The van der Waals surface area contributed by atoms with Gasteiger partial charge in [0.1, 0.15) is 18.2 Å². The van der Waals surface area contributed by atoms with Crippen molar-refractivity contribution in [3.63, 3.8) is 0 Å². The van der Waals surface area contributed by atoms with E-state index in [4.69, 9.17) is 14.2 Å². The Kier molecular flexibility index (Phi) is 8.08. The van der Waals surface area contributed by atoms with E-state index < -0.39 is 5.91 Å². The molecule has 1 aliphatic heterocycles. The van der Waals surface area contributed by atoms with Gasteiger partial charge in [-0.25, -0.2) is 0 Å². The monoisotopic (exact) mass is 420 g/mol. The number of carbonyl (C=O) groups excluding carboxylic acids is 1. The fourth-order valence-electron chi connectivity index (χ4n) is 3.39. The van der Waals surface area contributed by atoms with Gasteiger partial charge in [0.25, 0.3) is 5.91 Å². The Morgan fingerprint density at radius 3 is 2.84 bits per heavy atom. The molecule has 1 aliphatic rings. The second-order valence-corrected chi connectivity index (χ2v) is 7.43. The van der Waals surface area contributed by atoms with E-state index >= 15 is 0 Å². The van der Waals surface area contributed by atoms with Gasteiger partial charge in [-0.15, -0.1) is 0 Å². The molecule has 1 N–H and O–H groups in total. The summed E-state index contributed by atoms with van der Waals surface area (Å²) in [5, 5.41) is 12.2. The van der Waals surface area contributed by atoms with Crippen LogP contribution in [0.5, 0.6) is 11.5 Å². The van der Waals surface area contributed by atoms with Crippen molar-refractivity contribution in [3.8, 4) is 17.6 Å². The van der Waals surface area contributed by atoms with Crippen LogP contribution in [0.3, 0.4) is 0 Å². The van der Waals surface area contributed by atoms with Gasteiger partial charge in [-0.05, 0) is 56.0 Å². The Hall–Kier alpha value is -3.30. The maximum atomic E-state index is 12.4. The molecule has 0 bridgehead atoms. The van der Waals surface area contributed by atoms with Gasteiger partial charge in [-0.1, -0.05) is 35.9 Å². The molecule has 2 aromatic rings. The molecule has 6 nitrogen and oxygen atoms in total. The molecule has 0 radical (unpaired) electrons. The molecule has 31 heavy (non-hydrogen) atoms. The molecule has 1 atom stereocenters. The zero-order valence-corrected chi connectivity index (χ0v) is 18.0. The van der Waals surface area contributed by atoms with E-state index in [0.717, 1.165) is 25.0 Å². The van der Waals surface area contributed by atoms with Crippen LogP contribution in [-0.4, -0.2) is 31.8 Å². The first kappa shape index (κ1) is 22.4. The first-order chi connectivity index (χ1) is 15.1. The van der Waals surface area contributed by atoms with Crippen molar-refractivity contribution < 1.29 is 19.0 Å². The molecule has 1 fully saturated rings. The first-order valence-corrected chi connectivity index (χ1v) is 10.6. The normalized spacial score (nSPS) is 15.9. The highest BCUT2D eigenvalue weighted by Gasteiger charge is 2.18. The van der Waals surface area contributed by atoms with Gasteiger partial charge in [-0.3, -0.25) is 4.79 Å². The summed E-state index contributed by atoms with van der Waals surface area (Å²) in [5.41, 5.74) is 2.97. The van der Waals surface area contributed by atoms with Crippen LogP contribution in [0.4, 0.5) is 0 Å². The highest BCUT2D eigenvalue weighted by molar-refractivity contribution is 6.01. The molecule has 1 saturated heterocycles. The number of amides is 1. The number of carbonyl (C=O) groups is 1. The second-order valence-electron chi connectivity index (χ2n) is 7.43. The number of aryl methyl sites for hydroxylation is 1. The van der Waals surface area contributed by atoms with E-state index in [9.17, 15) is 10.1 Å². The van der Waals surface area contributed by atoms with E-state index in [2.05, 4.69) is 11.4 Å². The summed E-state index contributed by atoms with van der Waals surface area (Å²) in [7, 11) is 0. The minimum atomic E-state index is -0.407. The summed E-state index contributed by atoms with van der Waals surface area (Å²) < 4.78 is 17.2. The quantitative estimate of drug-likeness (QED) is 0.486. The van der Waals surface area contributed by atoms with Crippen LogP contribution in [0.2, 0.25) is 0 Å². The van der Waals surface area contributed by atoms with Crippen molar-refractivity contribution in [2.24, 2.45) is 0 Å². The fourth-order valence-corrected chi connectivity index (χ4v) is 3.39. The molecule has 162 valence electrons. The highest BCUT2D eigenvalue weighted by atomic mass is 16.5. The van der Waals surface area contributed by atoms with Crippen LogP contribution in [0.1, 0.15) is 36.5 Å². The van der Waals surface area contributed by atoms with Crippen molar-refractivity contribution in [1.82, 2.24) is 5.32 Å². The number of nitrogens with one attached hydrogen (secondary N) is 1. The summed E-state index contributed by atoms with van der Waals surface area (Å²) in [6.07, 6.45) is 3.50. The molecular formula is C25H28N2O4. The minimum absolute atomic E-state index is 0.0262. The van der Waals surface area contributed by atoms with Crippen molar-refractivity contribution in [2.75, 3.05) is 19.8 Å². The topological polar surface area (TPSA) is 80.6 Å². The lowest BCUT2D eigenvalue weighted by Gasteiger charge is -2.13. The summed E-state index contributed by atoms with van der Waals surface area (Å²) in [4.78, 5) is 12.4. The molecule has 0 spiro atoms. The van der Waals surface area contributed by atoms with E-state index in [0.29, 0.717) is 36.8 Å². The number of nitrogens with zero attached hydrogens (tertiary/aromatic N) is 1. The zero-order chi connectivity index (χ0) is 22.1. The van der Waals surface area contributed by atoms with Crippen molar-refractivity contribution in [1.29, 1.82) is 5.26 Å². The molecule has 1 heterocycles. The van der Waals surface area contributed by atoms with Crippen LogP contribution in [-0.2, 0) is 16.1 Å². The molecule has 0 saturated carbocycles. The minimum Gasteiger partial charge on any atom is -0.490 e. The summed E-state index contributed by atoms with van der Waals surface area (Å²) in [6, 6.07) is 15.5. The Balaban J connectivity index is 1.70. The highest BCUT2D eigenvalue weighted by Crippen LogP contribution is 2.30. The Morgan fingerprint density at radius 1 is 1.26 bits per heavy atom. The van der Waals surface area contributed by atoms with Crippen LogP contribution >= 0.6 is 0 Å². The summed E-state index contributed by atoms with van der Waals surface area (Å²) in [6.45, 7) is 5.97. The molecule has 3 rings (SSSR count). The Morgan fingerprint density at radius 2 is 2.13 bits per heavy atom. The fraction of sp³-hybridized carbons (Fsp3) is 0.360. The molecular weight excluding hydrogens is 392 g/mol. The standard InChI is InChI=1S/C25H28N2O4/c1-3-29-24-14-19(9-10-23(24)31-17-20-7-4-6-18(2)12-20)13-21(15-26)25(28)27-16-22-8-5-11-30-22/h4,6-7,9-10,12-14,22H,3,5,8,11,16-17H2,1-2H3,(H,27,28)/b21-13+/t22-/m0/s1. The van der Waals surface area contributed by atoms with Gasteiger partial charge < -0.3 is 19.5 Å². The van der Waals surface area contributed by atoms with Crippen molar-refractivity contribution in [3.05, 3.63) is 64.7 Å². The third-order valence-electron chi connectivity index (χ3n) is 4.93. The molecule has 2 aromatic carbocycles. The molecule has 0 aromatic heterocycles. The van der Waals surface area contributed by atoms with Gasteiger partial charge in [0.2, 0.25) is 0 Å². The smallest absolute Gasteiger partial charge is 0.262 e. The third kappa shape index (κ3) is 6.59. The predicted molar refractivity (Wildman–Crippen MR) is 119 cm³/mol. The second kappa shape index (κ2) is 11.2. The first-order valence-electron chi connectivity index (χ1n) is 10.6. The number of hydrogen-bond acceptors (Lipinski definition) is 5. The molecule has 0 aliphatic carbocycles. The van der Waals surface area contributed by atoms with E-state index in [1.165, 1.54) is 5.56 Å². The van der Waals surface area contributed by atoms with Crippen LogP contribution in [0, 0.1) is 18.3 Å². The molecule has 1 amide bonds. The van der Waals surface area contributed by atoms with E-state index in [1.54, 1.807) is 24.3 Å². The van der Waals surface area contributed by atoms with Gasteiger partial charge in [-0.2, -0.15) is 5.26 Å². The van der Waals surface area contributed by atoms with Crippen molar-refractivity contribution >= 4 is 12.0 Å². The molecule has 6 heteroatoms. The van der Waals surface area contributed by atoms with Crippen LogP contribution < -0.4 is 14.8 Å². The van der Waals surface area contributed by atoms with Crippen LogP contribution in [0.25, 0.3) is 6.08 Å². The molecule has 0 unspecified atom stereocenters. The number of hydrogen-bond donors (Lipinski definition) is 1. The lowest BCUT2D eigenvalue weighted by atomic mass is 10.1. The lowest BCUT2D eigenvalue weighted by molar-refractivity contribution is -0.117. The third-order valence-corrected chi connectivity index (χ3v) is 4.93. The lowest BCUT2D eigenvalue weighted by Crippen LogP contribution is -2.32. The van der Waals surface area contributed by atoms with E-state index in [1.807, 2.05) is 38.1 Å². The number of nitriles is 1. The number of benzene rings is 2. The number of ether oxygens (including phenoxy) is 3. The van der Waals surface area contributed by atoms with Gasteiger partial charge >= 0.3 is 0 Å². The average molecular weight is 421 g/mol. The largest absolute Gasteiger partial charge is 0.490 e. The summed E-state index contributed by atoms with van der Waals surface area (Å²) >= 11 is 0. The van der Waals surface area contributed by atoms with Crippen LogP contribution in [0.15, 0.2) is 48.0 Å². The van der Waals surface area contributed by atoms with Gasteiger partial charge in [0.15, 0.2) is 11.5 Å². The Labute approximate surface area is 183 Å². The predicted octanol–water partition coefficient (Wildman–Crippen LogP) is 4.17. The maximum absolute atomic E-state index is 12.4. The van der Waals surface area contributed by atoms with Gasteiger partial charge in [0.05, 0.1) is 12.7 Å². The summed E-state index contributed by atoms with van der Waals surface area (Å²) in [5.74, 6) is 0.776. The average Bonchev–Trinajstić information content (AvgIpc) is 3.29. The van der Waals surface area contributed by atoms with Gasteiger partial charge in [0, 0.05) is 13.2 Å². The number of rotatable bonds is 9. The van der Waals surface area contributed by atoms with Crippen molar-refractivity contribution in [2.45, 2.75) is 39.4 Å². The maximum Gasteiger partial charge on any atom is 0.262 e. The zero-order valence-electron chi connectivity index (χ0n) is 18.0.